The Hall–Kier alpha value is -2.87. The van der Waals surface area contributed by atoms with E-state index in [1.54, 1.807) is 0 Å². The lowest BCUT2D eigenvalue weighted by Gasteiger charge is -2.14. The summed E-state index contributed by atoms with van der Waals surface area (Å²) < 4.78 is 2.35. The molecule has 0 N–H and O–H groups in total. The van der Waals surface area contributed by atoms with E-state index in [2.05, 4.69) is 92.9 Å². The van der Waals surface area contributed by atoms with Crippen molar-refractivity contribution in [3.63, 3.8) is 0 Å². The van der Waals surface area contributed by atoms with Gasteiger partial charge in [0.2, 0.25) is 0 Å². The maximum absolute atomic E-state index is 5.01. The number of imidazole rings is 1. The molecule has 3 aromatic carbocycles. The first-order valence-electron chi connectivity index (χ1n) is 9.12. The molecule has 0 radical (unpaired) electrons. The van der Waals surface area contributed by atoms with E-state index in [0.29, 0.717) is 0 Å². The minimum Gasteiger partial charge on any atom is -0.319 e. The van der Waals surface area contributed by atoms with Crippen LogP contribution in [0.15, 0.2) is 60.7 Å². The Bertz CT molecular complexity index is 1060. The predicted octanol–water partition coefficient (Wildman–Crippen LogP) is 5.99. The van der Waals surface area contributed by atoms with Crippen LogP contribution < -0.4 is 0 Å². The third-order valence-corrected chi connectivity index (χ3v) is 5.02. The molecule has 0 saturated heterocycles. The van der Waals surface area contributed by atoms with E-state index in [4.69, 9.17) is 4.98 Å². The average Bonchev–Trinajstić information content (AvgIpc) is 2.94. The molecule has 0 fully saturated rings. The Balaban J connectivity index is 1.94. The number of aromatic nitrogens is 2. The molecular weight excluding hydrogens is 316 g/mol. The highest BCUT2D eigenvalue weighted by Gasteiger charge is 2.16. The molecule has 1 heterocycles. The zero-order valence-corrected chi connectivity index (χ0v) is 15.9. The molecule has 0 aliphatic rings. The molecule has 26 heavy (non-hydrogen) atoms. The van der Waals surface area contributed by atoms with Crippen molar-refractivity contribution in [2.45, 2.75) is 34.2 Å². The molecule has 1 aromatic heterocycles. The molecule has 0 aliphatic heterocycles. The van der Waals surface area contributed by atoms with E-state index >= 15 is 0 Å². The first-order valence-corrected chi connectivity index (χ1v) is 9.12. The first-order chi connectivity index (χ1) is 12.5. The number of para-hydroxylation sites is 2. The molecule has 0 atom stereocenters. The lowest BCUT2D eigenvalue weighted by atomic mass is 9.99. The summed E-state index contributed by atoms with van der Waals surface area (Å²) in [5.74, 6) is 1.06. The van der Waals surface area contributed by atoms with Gasteiger partial charge in [-0.25, -0.2) is 4.98 Å². The second-order valence-electron chi connectivity index (χ2n) is 7.27. The third-order valence-electron chi connectivity index (χ3n) is 5.02. The van der Waals surface area contributed by atoms with E-state index in [-0.39, 0.29) is 0 Å². The van der Waals surface area contributed by atoms with Crippen LogP contribution in [0.1, 0.15) is 27.8 Å². The van der Waals surface area contributed by atoms with Gasteiger partial charge in [-0.2, -0.15) is 0 Å². The number of hydrogen-bond donors (Lipinski definition) is 0. The smallest absolute Gasteiger partial charge is 0.141 e. The normalized spacial score (nSPS) is 11.2. The SMILES string of the molecule is Cc1ccc(Cn2c(-c3c(C)cc(C)cc3C)nc3ccccc32)cc1. The van der Waals surface area contributed by atoms with Gasteiger partial charge in [0.1, 0.15) is 5.82 Å². The number of nitrogens with zero attached hydrogens (tertiary/aromatic N) is 2. The summed E-state index contributed by atoms with van der Waals surface area (Å²) in [5.41, 5.74) is 9.92. The highest BCUT2D eigenvalue weighted by molar-refractivity contribution is 5.82. The summed E-state index contributed by atoms with van der Waals surface area (Å²) in [6.07, 6.45) is 0. The van der Waals surface area contributed by atoms with E-state index in [9.17, 15) is 0 Å². The molecule has 0 aliphatic carbocycles. The van der Waals surface area contributed by atoms with Crippen LogP contribution >= 0.6 is 0 Å². The summed E-state index contributed by atoms with van der Waals surface area (Å²) in [5, 5.41) is 0. The zero-order chi connectivity index (χ0) is 18.3. The Morgan fingerprint density at radius 1 is 0.769 bits per heavy atom. The van der Waals surface area contributed by atoms with Crippen molar-refractivity contribution in [1.82, 2.24) is 9.55 Å². The van der Waals surface area contributed by atoms with Crippen molar-refractivity contribution >= 4 is 11.0 Å². The van der Waals surface area contributed by atoms with Crippen LogP contribution in [0, 0.1) is 27.7 Å². The van der Waals surface area contributed by atoms with Crippen LogP contribution in [0.4, 0.5) is 0 Å². The standard InChI is InChI=1S/C24H24N2/c1-16-9-11-20(12-10-16)15-26-22-8-6-5-7-21(22)25-24(26)23-18(3)13-17(2)14-19(23)4/h5-14H,15H2,1-4H3. The fourth-order valence-corrected chi connectivity index (χ4v) is 3.84. The first kappa shape index (κ1) is 16.6. The molecule has 2 nitrogen and oxygen atoms in total. The zero-order valence-electron chi connectivity index (χ0n) is 15.9. The van der Waals surface area contributed by atoms with E-state index in [1.165, 1.54) is 38.9 Å². The van der Waals surface area contributed by atoms with Crippen molar-refractivity contribution in [2.75, 3.05) is 0 Å². The summed E-state index contributed by atoms with van der Waals surface area (Å²) in [6, 6.07) is 21.7. The van der Waals surface area contributed by atoms with Gasteiger partial charge in [0.25, 0.3) is 0 Å². The number of hydrogen-bond acceptors (Lipinski definition) is 1. The van der Waals surface area contributed by atoms with Crippen molar-refractivity contribution in [1.29, 1.82) is 0 Å². The van der Waals surface area contributed by atoms with Crippen LogP contribution in [0.5, 0.6) is 0 Å². The summed E-state index contributed by atoms with van der Waals surface area (Å²) >= 11 is 0. The van der Waals surface area contributed by atoms with E-state index < -0.39 is 0 Å². The van der Waals surface area contributed by atoms with Crippen molar-refractivity contribution in [3.05, 3.63) is 88.5 Å². The quantitative estimate of drug-likeness (QED) is 0.448. The van der Waals surface area contributed by atoms with Crippen molar-refractivity contribution < 1.29 is 0 Å². The topological polar surface area (TPSA) is 17.8 Å². The van der Waals surface area contributed by atoms with Gasteiger partial charge in [-0.3, -0.25) is 0 Å². The van der Waals surface area contributed by atoms with Gasteiger partial charge in [-0.1, -0.05) is 59.7 Å². The minimum absolute atomic E-state index is 0.822. The van der Waals surface area contributed by atoms with Crippen LogP contribution in [0.2, 0.25) is 0 Å². The summed E-state index contributed by atoms with van der Waals surface area (Å²) in [7, 11) is 0. The second kappa shape index (κ2) is 6.45. The largest absolute Gasteiger partial charge is 0.319 e. The van der Waals surface area contributed by atoms with Gasteiger partial charge < -0.3 is 4.57 Å². The number of aryl methyl sites for hydroxylation is 4. The van der Waals surface area contributed by atoms with Crippen LogP contribution in [0.3, 0.4) is 0 Å². The summed E-state index contributed by atoms with van der Waals surface area (Å²) in [6.45, 7) is 9.47. The van der Waals surface area contributed by atoms with Gasteiger partial charge in [-0.05, 0) is 56.5 Å². The molecule has 4 rings (SSSR count). The second-order valence-corrected chi connectivity index (χ2v) is 7.27. The van der Waals surface area contributed by atoms with E-state index in [1.807, 2.05) is 0 Å². The van der Waals surface area contributed by atoms with Crippen molar-refractivity contribution in [3.8, 4) is 11.4 Å². The van der Waals surface area contributed by atoms with Crippen molar-refractivity contribution in [2.24, 2.45) is 0 Å². The molecule has 0 amide bonds. The average molecular weight is 340 g/mol. The van der Waals surface area contributed by atoms with Crippen LogP contribution in [-0.2, 0) is 6.54 Å². The Kier molecular flexibility index (Phi) is 4.12. The molecule has 2 heteroatoms. The third kappa shape index (κ3) is 2.92. The number of rotatable bonds is 3. The monoisotopic (exact) mass is 340 g/mol. The van der Waals surface area contributed by atoms with Gasteiger partial charge in [0.05, 0.1) is 11.0 Å². The lowest BCUT2D eigenvalue weighted by molar-refractivity contribution is 0.832. The Morgan fingerprint density at radius 2 is 1.42 bits per heavy atom. The molecule has 0 bridgehead atoms. The van der Waals surface area contributed by atoms with Crippen LogP contribution in [0.25, 0.3) is 22.4 Å². The molecule has 0 spiro atoms. The molecule has 0 unspecified atom stereocenters. The van der Waals surface area contributed by atoms with Crippen LogP contribution in [-0.4, -0.2) is 9.55 Å². The molecule has 130 valence electrons. The van der Waals surface area contributed by atoms with Gasteiger partial charge >= 0.3 is 0 Å². The minimum atomic E-state index is 0.822. The maximum Gasteiger partial charge on any atom is 0.141 e. The fraction of sp³-hybridized carbons (Fsp3) is 0.208. The molecule has 0 saturated carbocycles. The Morgan fingerprint density at radius 3 is 2.12 bits per heavy atom. The molecule has 4 aromatic rings. The van der Waals surface area contributed by atoms with Gasteiger partial charge in [0.15, 0.2) is 0 Å². The summed E-state index contributed by atoms with van der Waals surface area (Å²) in [4.78, 5) is 5.01. The van der Waals surface area contributed by atoms with E-state index in [0.717, 1.165) is 17.9 Å². The lowest BCUT2D eigenvalue weighted by Crippen LogP contribution is -2.04. The highest BCUT2D eigenvalue weighted by atomic mass is 15.1. The van der Waals surface area contributed by atoms with Gasteiger partial charge in [0, 0.05) is 12.1 Å². The highest BCUT2D eigenvalue weighted by Crippen LogP contribution is 2.31. The predicted molar refractivity (Wildman–Crippen MR) is 110 cm³/mol. The maximum atomic E-state index is 5.01. The Labute approximate surface area is 155 Å². The van der Waals surface area contributed by atoms with Gasteiger partial charge in [-0.15, -0.1) is 0 Å². The molecular formula is C24H24N2. The fourth-order valence-electron chi connectivity index (χ4n) is 3.84. The number of benzene rings is 3. The number of fused-ring (bicyclic) bond motifs is 1.